The van der Waals surface area contributed by atoms with E-state index in [4.69, 9.17) is 0 Å². The molecule has 0 saturated carbocycles. The van der Waals surface area contributed by atoms with Crippen LogP contribution >= 0.6 is 11.8 Å². The second-order valence-electron chi connectivity index (χ2n) is 6.85. The lowest BCUT2D eigenvalue weighted by atomic mass is 9.97. The molecule has 0 bridgehead atoms. The molecule has 3 nitrogen and oxygen atoms in total. The van der Waals surface area contributed by atoms with Crippen molar-refractivity contribution in [2.24, 2.45) is 5.92 Å². The fourth-order valence-electron chi connectivity index (χ4n) is 3.40. The predicted octanol–water partition coefficient (Wildman–Crippen LogP) is 4.28. The van der Waals surface area contributed by atoms with Crippen molar-refractivity contribution >= 4 is 17.7 Å². The Kier molecular flexibility index (Phi) is 6.85. The molecule has 0 aliphatic carbocycles. The van der Waals surface area contributed by atoms with E-state index in [0.29, 0.717) is 17.9 Å². The zero-order chi connectivity index (χ0) is 19.2. The molecule has 2 aromatic rings. The van der Waals surface area contributed by atoms with Gasteiger partial charge in [0, 0.05) is 11.3 Å². The first-order chi connectivity index (χ1) is 13.1. The van der Waals surface area contributed by atoms with Crippen LogP contribution in [0.3, 0.4) is 0 Å². The van der Waals surface area contributed by atoms with Crippen molar-refractivity contribution < 1.29 is 13.6 Å². The van der Waals surface area contributed by atoms with Gasteiger partial charge in [-0.3, -0.25) is 4.79 Å². The third-order valence-electron chi connectivity index (χ3n) is 4.95. The number of amides is 1. The Morgan fingerprint density at radius 3 is 2.74 bits per heavy atom. The molecule has 3 rings (SSSR count). The maximum absolute atomic E-state index is 13.8. The van der Waals surface area contributed by atoms with E-state index < -0.39 is 17.7 Å². The molecule has 1 fully saturated rings. The Morgan fingerprint density at radius 1 is 1.22 bits per heavy atom. The number of carbonyl (C=O) groups is 1. The van der Waals surface area contributed by atoms with E-state index >= 15 is 0 Å². The monoisotopic (exact) mass is 390 g/mol. The summed E-state index contributed by atoms with van der Waals surface area (Å²) in [5, 5.41) is 6.32. The van der Waals surface area contributed by atoms with Crippen LogP contribution in [0.5, 0.6) is 0 Å². The van der Waals surface area contributed by atoms with Crippen LogP contribution in [-0.2, 0) is 4.79 Å². The van der Waals surface area contributed by atoms with Crippen molar-refractivity contribution in [3.8, 4) is 0 Å². The number of halogens is 2. The van der Waals surface area contributed by atoms with Gasteiger partial charge >= 0.3 is 0 Å². The maximum Gasteiger partial charge on any atom is 0.220 e. The molecular weight excluding hydrogens is 366 g/mol. The van der Waals surface area contributed by atoms with Gasteiger partial charge in [0.1, 0.15) is 0 Å². The molecule has 1 aliphatic rings. The first-order valence-corrected chi connectivity index (χ1v) is 10.4. The molecule has 2 aromatic carbocycles. The van der Waals surface area contributed by atoms with Crippen molar-refractivity contribution in [2.75, 3.05) is 19.3 Å². The summed E-state index contributed by atoms with van der Waals surface area (Å²) >= 11 is 1.59. The number of thioether (sulfide) groups is 1. The molecule has 1 amide bonds. The van der Waals surface area contributed by atoms with Gasteiger partial charge in [-0.05, 0) is 73.5 Å². The van der Waals surface area contributed by atoms with Crippen LogP contribution in [0, 0.1) is 17.6 Å². The summed E-state index contributed by atoms with van der Waals surface area (Å²) in [6.45, 7) is 1.96. The largest absolute Gasteiger partial charge is 0.345 e. The number of hydrogen-bond acceptors (Lipinski definition) is 3. The molecule has 27 heavy (non-hydrogen) atoms. The van der Waals surface area contributed by atoms with Crippen LogP contribution in [0.2, 0.25) is 0 Å². The van der Waals surface area contributed by atoms with Gasteiger partial charge in [0.15, 0.2) is 11.6 Å². The smallest absolute Gasteiger partial charge is 0.220 e. The lowest BCUT2D eigenvalue weighted by Gasteiger charge is -2.21. The van der Waals surface area contributed by atoms with Crippen LogP contribution in [0.15, 0.2) is 47.4 Å². The Morgan fingerprint density at radius 2 is 2.04 bits per heavy atom. The van der Waals surface area contributed by atoms with Gasteiger partial charge in [-0.25, -0.2) is 8.78 Å². The lowest BCUT2D eigenvalue weighted by molar-refractivity contribution is -0.121. The molecule has 0 spiro atoms. The first kappa shape index (κ1) is 19.8. The van der Waals surface area contributed by atoms with Crippen molar-refractivity contribution in [1.82, 2.24) is 10.6 Å². The van der Waals surface area contributed by atoms with E-state index in [9.17, 15) is 13.6 Å². The zero-order valence-electron chi connectivity index (χ0n) is 15.3. The maximum atomic E-state index is 13.8. The second-order valence-corrected chi connectivity index (χ2v) is 7.73. The lowest BCUT2D eigenvalue weighted by Crippen LogP contribution is -2.29. The summed E-state index contributed by atoms with van der Waals surface area (Å²) in [5.74, 6) is -1.36. The first-order valence-electron chi connectivity index (χ1n) is 9.16. The summed E-state index contributed by atoms with van der Waals surface area (Å²) < 4.78 is 27.2. The van der Waals surface area contributed by atoms with Crippen molar-refractivity contribution in [2.45, 2.75) is 30.2 Å². The third kappa shape index (κ3) is 5.30. The SMILES string of the molecule is CSc1cccc(C(NC(=O)CCC2CCNC2)c2ccc(F)c(F)c2)c1. The average molecular weight is 390 g/mol. The van der Waals surface area contributed by atoms with E-state index in [0.717, 1.165) is 48.5 Å². The summed E-state index contributed by atoms with van der Waals surface area (Å²) in [4.78, 5) is 13.6. The number of nitrogens with one attached hydrogen (secondary N) is 2. The topological polar surface area (TPSA) is 41.1 Å². The number of rotatable bonds is 7. The van der Waals surface area contributed by atoms with Crippen LogP contribution in [0.1, 0.15) is 36.4 Å². The predicted molar refractivity (Wildman–Crippen MR) is 105 cm³/mol. The molecule has 2 N–H and O–H groups in total. The average Bonchev–Trinajstić information content (AvgIpc) is 3.20. The molecule has 1 heterocycles. The van der Waals surface area contributed by atoms with Crippen molar-refractivity contribution in [3.63, 3.8) is 0 Å². The zero-order valence-corrected chi connectivity index (χ0v) is 16.1. The van der Waals surface area contributed by atoms with Crippen molar-refractivity contribution in [3.05, 3.63) is 65.2 Å². The number of hydrogen-bond donors (Lipinski definition) is 2. The van der Waals surface area contributed by atoms with Gasteiger partial charge in [0.05, 0.1) is 6.04 Å². The molecule has 1 saturated heterocycles. The van der Waals surface area contributed by atoms with Crippen LogP contribution in [0.4, 0.5) is 8.78 Å². The fraction of sp³-hybridized carbons (Fsp3) is 0.381. The summed E-state index contributed by atoms with van der Waals surface area (Å²) in [5.41, 5.74) is 1.38. The molecule has 2 unspecified atom stereocenters. The number of carbonyl (C=O) groups excluding carboxylic acids is 1. The minimum Gasteiger partial charge on any atom is -0.345 e. The van der Waals surface area contributed by atoms with Crippen LogP contribution in [-0.4, -0.2) is 25.3 Å². The Bertz CT molecular complexity index is 794. The summed E-state index contributed by atoms with van der Waals surface area (Å²) in [6, 6.07) is 11.0. The molecule has 6 heteroatoms. The Balaban J connectivity index is 1.80. The molecule has 1 aliphatic heterocycles. The minimum absolute atomic E-state index is 0.0776. The Hall–Kier alpha value is -1.92. The molecule has 144 valence electrons. The second kappa shape index (κ2) is 9.33. The van der Waals surface area contributed by atoms with Gasteiger partial charge < -0.3 is 10.6 Å². The highest BCUT2D eigenvalue weighted by Crippen LogP contribution is 2.27. The standard InChI is InChI=1S/C21H24F2N2OS/c1-27-17-4-2-3-15(11-17)21(16-6-7-18(22)19(23)12-16)25-20(26)8-5-14-9-10-24-13-14/h2-4,6-7,11-12,14,21,24H,5,8-10,13H2,1H3,(H,25,26). The van der Waals surface area contributed by atoms with E-state index in [1.54, 1.807) is 11.8 Å². The van der Waals surface area contributed by atoms with E-state index in [1.165, 1.54) is 6.07 Å². The highest BCUT2D eigenvalue weighted by Gasteiger charge is 2.21. The fourth-order valence-corrected chi connectivity index (χ4v) is 3.87. The van der Waals surface area contributed by atoms with Gasteiger partial charge in [-0.15, -0.1) is 11.8 Å². The highest BCUT2D eigenvalue weighted by molar-refractivity contribution is 7.98. The van der Waals surface area contributed by atoms with E-state index in [2.05, 4.69) is 10.6 Å². The van der Waals surface area contributed by atoms with Gasteiger partial charge in [-0.1, -0.05) is 18.2 Å². The normalized spacial score (nSPS) is 17.7. The van der Waals surface area contributed by atoms with Gasteiger partial charge in [-0.2, -0.15) is 0 Å². The van der Waals surface area contributed by atoms with Gasteiger partial charge in [0.25, 0.3) is 0 Å². The summed E-state index contributed by atoms with van der Waals surface area (Å²) in [7, 11) is 0. The van der Waals surface area contributed by atoms with Crippen LogP contribution in [0.25, 0.3) is 0 Å². The third-order valence-corrected chi connectivity index (χ3v) is 5.68. The Labute approximate surface area is 162 Å². The molecular formula is C21H24F2N2OS. The van der Waals surface area contributed by atoms with Crippen LogP contribution < -0.4 is 10.6 Å². The van der Waals surface area contributed by atoms with E-state index in [1.807, 2.05) is 30.5 Å². The quantitative estimate of drug-likeness (QED) is 0.694. The summed E-state index contributed by atoms with van der Waals surface area (Å²) in [6.07, 6.45) is 4.32. The molecule has 0 radical (unpaired) electrons. The minimum atomic E-state index is -0.912. The number of benzene rings is 2. The highest BCUT2D eigenvalue weighted by atomic mass is 32.2. The van der Waals surface area contributed by atoms with E-state index in [-0.39, 0.29) is 5.91 Å². The molecule has 2 atom stereocenters. The van der Waals surface area contributed by atoms with Gasteiger partial charge in [0.2, 0.25) is 5.91 Å². The van der Waals surface area contributed by atoms with Crippen molar-refractivity contribution in [1.29, 1.82) is 0 Å². The molecule has 0 aromatic heterocycles.